The van der Waals surface area contributed by atoms with Gasteiger partial charge in [0.1, 0.15) is 5.69 Å². The standard InChI is InChI=1S/C20H27N5O/c26-20(19-6-9-21-22-19)25-10-7-18(8-11-25)24-14-12-23(13-15-24)16-17-4-2-1-3-5-17/h1-6,9,18H,7-8,10-16H2,(H,21,22). The summed E-state index contributed by atoms with van der Waals surface area (Å²) in [4.78, 5) is 19.5. The molecule has 0 radical (unpaired) electrons. The number of nitrogens with one attached hydrogen (secondary N) is 1. The second-order valence-corrected chi connectivity index (χ2v) is 7.29. The molecule has 6 heteroatoms. The third kappa shape index (κ3) is 3.97. The monoisotopic (exact) mass is 353 g/mol. The van der Waals surface area contributed by atoms with E-state index in [0.717, 1.165) is 58.7 Å². The largest absolute Gasteiger partial charge is 0.337 e. The van der Waals surface area contributed by atoms with Crippen molar-refractivity contribution >= 4 is 5.91 Å². The molecule has 2 aliphatic rings. The molecule has 4 rings (SSSR count). The lowest BCUT2D eigenvalue weighted by Crippen LogP contribution is -2.53. The normalized spacial score (nSPS) is 20.4. The van der Waals surface area contributed by atoms with Crippen molar-refractivity contribution in [3.63, 3.8) is 0 Å². The molecule has 0 spiro atoms. The Hall–Kier alpha value is -2.18. The zero-order valence-corrected chi connectivity index (χ0v) is 15.2. The Kier molecular flexibility index (Phi) is 5.32. The van der Waals surface area contributed by atoms with E-state index in [2.05, 4.69) is 50.3 Å². The first-order valence-electron chi connectivity index (χ1n) is 9.58. The molecule has 0 saturated carbocycles. The molecule has 1 aromatic carbocycles. The van der Waals surface area contributed by atoms with E-state index in [9.17, 15) is 4.79 Å². The minimum atomic E-state index is 0.0774. The fourth-order valence-electron chi connectivity index (χ4n) is 4.11. The average molecular weight is 353 g/mol. The maximum absolute atomic E-state index is 12.4. The Morgan fingerprint density at radius 1 is 1.00 bits per heavy atom. The number of carbonyl (C=O) groups is 1. The summed E-state index contributed by atoms with van der Waals surface area (Å²) in [5.74, 6) is 0.0774. The van der Waals surface area contributed by atoms with E-state index < -0.39 is 0 Å². The van der Waals surface area contributed by atoms with Crippen LogP contribution in [0.1, 0.15) is 28.9 Å². The molecule has 0 aliphatic carbocycles. The van der Waals surface area contributed by atoms with Gasteiger partial charge in [-0.05, 0) is 24.5 Å². The van der Waals surface area contributed by atoms with E-state index in [1.54, 1.807) is 12.3 Å². The summed E-state index contributed by atoms with van der Waals surface area (Å²) in [6, 6.07) is 13.1. The van der Waals surface area contributed by atoms with Gasteiger partial charge in [-0.2, -0.15) is 5.10 Å². The van der Waals surface area contributed by atoms with E-state index in [1.165, 1.54) is 5.56 Å². The second-order valence-electron chi connectivity index (χ2n) is 7.29. The molecule has 1 aromatic heterocycles. The van der Waals surface area contributed by atoms with Crippen molar-refractivity contribution in [3.8, 4) is 0 Å². The van der Waals surface area contributed by atoms with Crippen LogP contribution in [0.15, 0.2) is 42.6 Å². The molecule has 2 aromatic rings. The third-order valence-corrected chi connectivity index (χ3v) is 5.66. The highest BCUT2D eigenvalue weighted by molar-refractivity contribution is 5.92. The highest BCUT2D eigenvalue weighted by atomic mass is 16.2. The van der Waals surface area contributed by atoms with Crippen LogP contribution in [0.25, 0.3) is 0 Å². The molecule has 26 heavy (non-hydrogen) atoms. The molecular weight excluding hydrogens is 326 g/mol. The van der Waals surface area contributed by atoms with E-state index in [1.807, 2.05) is 4.90 Å². The van der Waals surface area contributed by atoms with Gasteiger partial charge in [0.25, 0.3) is 5.91 Å². The summed E-state index contributed by atoms with van der Waals surface area (Å²) >= 11 is 0. The van der Waals surface area contributed by atoms with Gasteiger partial charge in [0.2, 0.25) is 0 Å². The lowest BCUT2D eigenvalue weighted by molar-refractivity contribution is 0.0464. The number of piperidine rings is 1. The molecule has 2 saturated heterocycles. The van der Waals surface area contributed by atoms with Gasteiger partial charge < -0.3 is 4.90 Å². The third-order valence-electron chi connectivity index (χ3n) is 5.66. The van der Waals surface area contributed by atoms with Gasteiger partial charge in [-0.3, -0.25) is 19.7 Å². The van der Waals surface area contributed by atoms with Crippen molar-refractivity contribution < 1.29 is 4.79 Å². The highest BCUT2D eigenvalue weighted by Gasteiger charge is 2.29. The number of hydrogen-bond acceptors (Lipinski definition) is 4. The van der Waals surface area contributed by atoms with Gasteiger partial charge >= 0.3 is 0 Å². The first-order chi connectivity index (χ1) is 12.8. The molecule has 0 unspecified atom stereocenters. The minimum Gasteiger partial charge on any atom is -0.337 e. The number of hydrogen-bond donors (Lipinski definition) is 1. The zero-order chi connectivity index (χ0) is 17.8. The Morgan fingerprint density at radius 3 is 2.38 bits per heavy atom. The van der Waals surface area contributed by atoms with E-state index in [-0.39, 0.29) is 5.91 Å². The number of rotatable bonds is 4. The van der Waals surface area contributed by atoms with Crippen LogP contribution in [-0.4, -0.2) is 76.1 Å². The van der Waals surface area contributed by atoms with Crippen molar-refractivity contribution in [1.29, 1.82) is 0 Å². The average Bonchev–Trinajstić information content (AvgIpc) is 3.24. The van der Waals surface area contributed by atoms with Gasteiger partial charge in [0.05, 0.1) is 0 Å². The number of piperazine rings is 1. The molecule has 2 aliphatic heterocycles. The molecule has 2 fully saturated rings. The van der Waals surface area contributed by atoms with Crippen LogP contribution >= 0.6 is 0 Å². The van der Waals surface area contributed by atoms with Gasteiger partial charge in [0, 0.05) is 58.1 Å². The predicted octanol–water partition coefficient (Wildman–Crippen LogP) is 1.83. The topological polar surface area (TPSA) is 55.5 Å². The Morgan fingerprint density at radius 2 is 1.73 bits per heavy atom. The smallest absolute Gasteiger partial charge is 0.271 e. The van der Waals surface area contributed by atoms with E-state index >= 15 is 0 Å². The van der Waals surface area contributed by atoms with Crippen molar-refractivity contribution in [2.45, 2.75) is 25.4 Å². The maximum Gasteiger partial charge on any atom is 0.271 e. The van der Waals surface area contributed by atoms with E-state index in [4.69, 9.17) is 0 Å². The van der Waals surface area contributed by atoms with Crippen LogP contribution in [0, 0.1) is 0 Å². The second kappa shape index (κ2) is 8.01. The predicted molar refractivity (Wildman–Crippen MR) is 101 cm³/mol. The number of H-pyrrole nitrogens is 1. The van der Waals surface area contributed by atoms with Crippen molar-refractivity contribution in [3.05, 3.63) is 53.9 Å². The molecule has 138 valence electrons. The molecule has 3 heterocycles. The quantitative estimate of drug-likeness (QED) is 0.911. The van der Waals surface area contributed by atoms with Crippen molar-refractivity contribution in [1.82, 2.24) is 24.9 Å². The lowest BCUT2D eigenvalue weighted by Gasteiger charge is -2.42. The van der Waals surface area contributed by atoms with Crippen LogP contribution in [0.4, 0.5) is 0 Å². The summed E-state index contributed by atoms with van der Waals surface area (Å²) in [6.45, 7) is 7.24. The molecule has 0 atom stereocenters. The molecule has 1 amide bonds. The molecular formula is C20H27N5O. The number of likely N-dealkylation sites (tertiary alicyclic amines) is 1. The summed E-state index contributed by atoms with van der Waals surface area (Å²) in [6.07, 6.45) is 3.77. The molecule has 6 nitrogen and oxygen atoms in total. The summed E-state index contributed by atoms with van der Waals surface area (Å²) < 4.78 is 0. The number of aromatic amines is 1. The van der Waals surface area contributed by atoms with Crippen LogP contribution < -0.4 is 0 Å². The molecule has 0 bridgehead atoms. The minimum absolute atomic E-state index is 0.0774. The number of benzene rings is 1. The maximum atomic E-state index is 12.4. The Labute approximate surface area is 154 Å². The summed E-state index contributed by atoms with van der Waals surface area (Å²) in [5.41, 5.74) is 1.99. The fraction of sp³-hybridized carbons (Fsp3) is 0.500. The SMILES string of the molecule is O=C(c1ccn[nH]1)N1CCC(N2CCN(Cc3ccccc3)CC2)CC1. The first kappa shape index (κ1) is 17.2. The van der Waals surface area contributed by atoms with E-state index in [0.29, 0.717) is 11.7 Å². The summed E-state index contributed by atoms with van der Waals surface area (Å²) in [5, 5.41) is 6.65. The Balaban J connectivity index is 1.23. The van der Waals surface area contributed by atoms with Crippen molar-refractivity contribution in [2.24, 2.45) is 0 Å². The number of aromatic nitrogens is 2. The van der Waals surface area contributed by atoms with Gasteiger partial charge in [-0.25, -0.2) is 0 Å². The van der Waals surface area contributed by atoms with Crippen LogP contribution in [0.2, 0.25) is 0 Å². The van der Waals surface area contributed by atoms with Gasteiger partial charge in [-0.15, -0.1) is 0 Å². The van der Waals surface area contributed by atoms with Gasteiger partial charge in [-0.1, -0.05) is 30.3 Å². The fourth-order valence-corrected chi connectivity index (χ4v) is 4.11. The Bertz CT molecular complexity index is 686. The lowest BCUT2D eigenvalue weighted by atomic mass is 10.0. The van der Waals surface area contributed by atoms with Crippen molar-refractivity contribution in [2.75, 3.05) is 39.3 Å². The zero-order valence-electron chi connectivity index (χ0n) is 15.2. The van der Waals surface area contributed by atoms with Crippen LogP contribution in [-0.2, 0) is 6.54 Å². The van der Waals surface area contributed by atoms with Crippen LogP contribution in [0.5, 0.6) is 0 Å². The number of nitrogens with zero attached hydrogens (tertiary/aromatic N) is 4. The first-order valence-corrected chi connectivity index (χ1v) is 9.58. The van der Waals surface area contributed by atoms with Crippen LogP contribution in [0.3, 0.4) is 0 Å². The summed E-state index contributed by atoms with van der Waals surface area (Å²) in [7, 11) is 0. The van der Waals surface area contributed by atoms with Gasteiger partial charge in [0.15, 0.2) is 0 Å². The number of carbonyl (C=O) groups excluding carboxylic acids is 1. The highest BCUT2D eigenvalue weighted by Crippen LogP contribution is 2.20. The number of amides is 1. The molecule has 1 N–H and O–H groups in total.